The lowest BCUT2D eigenvalue weighted by Gasteiger charge is -2.01. The van der Waals surface area contributed by atoms with Crippen LogP contribution in [0.25, 0.3) is 0 Å². The second kappa shape index (κ2) is 4.48. The molecule has 0 aliphatic rings. The van der Waals surface area contributed by atoms with Crippen molar-refractivity contribution >= 4 is 0 Å². The van der Waals surface area contributed by atoms with E-state index in [4.69, 9.17) is 5.73 Å². The van der Waals surface area contributed by atoms with Gasteiger partial charge in [0.15, 0.2) is 0 Å². The molecular formula is C10H12N2O. The fourth-order valence-electron chi connectivity index (χ4n) is 1.03. The number of nitrogens with zero attached hydrogens (tertiary/aromatic N) is 1. The van der Waals surface area contributed by atoms with Gasteiger partial charge in [0.25, 0.3) is 5.56 Å². The summed E-state index contributed by atoms with van der Waals surface area (Å²) in [5, 5.41) is 0. The summed E-state index contributed by atoms with van der Waals surface area (Å²) in [4.78, 5) is 11.5. The van der Waals surface area contributed by atoms with Crippen molar-refractivity contribution in [1.82, 2.24) is 4.57 Å². The number of rotatable bonds is 2. The average molecular weight is 176 g/mol. The van der Waals surface area contributed by atoms with Crippen molar-refractivity contribution in [1.29, 1.82) is 0 Å². The van der Waals surface area contributed by atoms with E-state index >= 15 is 0 Å². The van der Waals surface area contributed by atoms with E-state index in [0.717, 1.165) is 0 Å². The highest BCUT2D eigenvalue weighted by Crippen LogP contribution is 1.89. The van der Waals surface area contributed by atoms with Crippen LogP contribution in [0.5, 0.6) is 0 Å². The van der Waals surface area contributed by atoms with E-state index in [-0.39, 0.29) is 12.1 Å². The molecule has 0 aliphatic carbocycles. The first kappa shape index (κ1) is 9.56. The molecule has 0 radical (unpaired) electrons. The third kappa shape index (κ3) is 2.20. The molecule has 3 nitrogen and oxygen atoms in total. The Hall–Kier alpha value is -1.53. The minimum Gasteiger partial charge on any atom is -0.326 e. The summed E-state index contributed by atoms with van der Waals surface area (Å²) in [6.07, 6.45) is 1.71. The van der Waals surface area contributed by atoms with E-state index in [1.54, 1.807) is 29.8 Å². The quantitative estimate of drug-likeness (QED) is 0.660. The molecule has 1 aromatic rings. The minimum atomic E-state index is -0.0484. The maximum Gasteiger partial charge on any atom is 0.255 e. The van der Waals surface area contributed by atoms with Crippen LogP contribution in [0.4, 0.5) is 0 Å². The summed E-state index contributed by atoms with van der Waals surface area (Å²) in [6.45, 7) is 2.46. The molecule has 1 rings (SSSR count). The summed E-state index contributed by atoms with van der Waals surface area (Å²) >= 11 is 0. The first-order valence-electron chi connectivity index (χ1n) is 4.07. The minimum absolute atomic E-state index is 0.0484. The van der Waals surface area contributed by atoms with Gasteiger partial charge in [0.05, 0.1) is 6.54 Å². The van der Waals surface area contributed by atoms with Gasteiger partial charge in [0.1, 0.15) is 0 Å². The van der Waals surface area contributed by atoms with Crippen LogP contribution in [0.3, 0.4) is 0 Å². The van der Waals surface area contributed by atoms with Gasteiger partial charge in [-0.3, -0.25) is 4.79 Å². The van der Waals surface area contributed by atoms with Crippen LogP contribution in [0.2, 0.25) is 0 Å². The summed E-state index contributed by atoms with van der Waals surface area (Å²) < 4.78 is 1.55. The molecule has 0 fully saturated rings. The lowest BCUT2D eigenvalue weighted by atomic mass is 10.3. The van der Waals surface area contributed by atoms with Crippen LogP contribution in [0, 0.1) is 11.8 Å². The topological polar surface area (TPSA) is 48.0 Å². The highest BCUT2D eigenvalue weighted by molar-refractivity contribution is 5.11. The Bertz CT molecular complexity index is 395. The molecule has 0 aromatic carbocycles. The number of aromatic nitrogens is 1. The zero-order valence-corrected chi connectivity index (χ0v) is 7.58. The maximum atomic E-state index is 11.5. The Morgan fingerprint density at radius 2 is 2.38 bits per heavy atom. The lowest BCUT2D eigenvalue weighted by molar-refractivity contribution is 0.776. The summed E-state index contributed by atoms with van der Waals surface area (Å²) in [6, 6.07) is 3.54. The van der Waals surface area contributed by atoms with Crippen LogP contribution in [-0.2, 0) is 13.1 Å². The largest absolute Gasteiger partial charge is 0.326 e. The molecule has 13 heavy (non-hydrogen) atoms. The molecule has 0 amide bonds. The van der Waals surface area contributed by atoms with Gasteiger partial charge in [-0.1, -0.05) is 12.0 Å². The molecule has 0 saturated heterocycles. The molecule has 1 aromatic heterocycles. The molecule has 0 atom stereocenters. The Morgan fingerprint density at radius 3 is 3.00 bits per heavy atom. The lowest BCUT2D eigenvalue weighted by Crippen LogP contribution is -2.24. The van der Waals surface area contributed by atoms with E-state index in [0.29, 0.717) is 12.1 Å². The molecule has 1 heterocycles. The van der Waals surface area contributed by atoms with Crippen molar-refractivity contribution in [3.05, 3.63) is 34.2 Å². The summed E-state index contributed by atoms with van der Waals surface area (Å²) in [7, 11) is 0. The highest BCUT2D eigenvalue weighted by atomic mass is 16.1. The van der Waals surface area contributed by atoms with Crippen molar-refractivity contribution < 1.29 is 0 Å². The molecule has 0 saturated carbocycles. The molecule has 68 valence electrons. The zero-order chi connectivity index (χ0) is 9.68. The number of nitrogens with two attached hydrogens (primary N) is 1. The fraction of sp³-hybridized carbons (Fsp3) is 0.300. The SMILES string of the molecule is CC#CCn1cccc(CN)c1=O. The van der Waals surface area contributed by atoms with Gasteiger partial charge in [-0.15, -0.1) is 5.92 Å². The van der Waals surface area contributed by atoms with Gasteiger partial charge in [0, 0.05) is 18.3 Å². The van der Waals surface area contributed by atoms with Gasteiger partial charge in [-0.25, -0.2) is 0 Å². The number of pyridine rings is 1. The molecule has 0 aliphatic heterocycles. The van der Waals surface area contributed by atoms with Crippen LogP contribution >= 0.6 is 0 Å². The Labute approximate surface area is 77.2 Å². The van der Waals surface area contributed by atoms with Crippen LogP contribution < -0.4 is 11.3 Å². The van der Waals surface area contributed by atoms with E-state index in [2.05, 4.69) is 11.8 Å². The monoisotopic (exact) mass is 176 g/mol. The van der Waals surface area contributed by atoms with Crippen LogP contribution in [0.15, 0.2) is 23.1 Å². The predicted molar refractivity (Wildman–Crippen MR) is 52.0 cm³/mol. The smallest absolute Gasteiger partial charge is 0.255 e. The van der Waals surface area contributed by atoms with Crippen LogP contribution in [-0.4, -0.2) is 4.57 Å². The normalized spacial score (nSPS) is 9.08. The van der Waals surface area contributed by atoms with Gasteiger partial charge in [0.2, 0.25) is 0 Å². The first-order valence-corrected chi connectivity index (χ1v) is 4.07. The number of hydrogen-bond donors (Lipinski definition) is 1. The molecule has 0 unspecified atom stereocenters. The van der Waals surface area contributed by atoms with Gasteiger partial charge in [-0.2, -0.15) is 0 Å². The van der Waals surface area contributed by atoms with Crippen molar-refractivity contribution in [2.45, 2.75) is 20.0 Å². The Morgan fingerprint density at radius 1 is 1.62 bits per heavy atom. The summed E-state index contributed by atoms with van der Waals surface area (Å²) in [5.41, 5.74) is 5.98. The average Bonchev–Trinajstić information content (AvgIpc) is 2.16. The maximum absolute atomic E-state index is 11.5. The summed E-state index contributed by atoms with van der Waals surface area (Å²) in [5.74, 6) is 5.57. The second-order valence-electron chi connectivity index (χ2n) is 2.60. The molecule has 2 N–H and O–H groups in total. The van der Waals surface area contributed by atoms with Gasteiger partial charge >= 0.3 is 0 Å². The Balaban J connectivity index is 3.06. The van der Waals surface area contributed by atoms with Crippen molar-refractivity contribution in [2.75, 3.05) is 0 Å². The molecule has 0 spiro atoms. The second-order valence-corrected chi connectivity index (χ2v) is 2.60. The molecular weight excluding hydrogens is 164 g/mol. The first-order chi connectivity index (χ1) is 6.29. The zero-order valence-electron chi connectivity index (χ0n) is 7.58. The van der Waals surface area contributed by atoms with Crippen molar-refractivity contribution in [3.8, 4) is 11.8 Å². The standard InChI is InChI=1S/C10H12N2O/c1-2-3-6-12-7-4-5-9(8-11)10(12)13/h4-5,7H,6,8,11H2,1H3. The molecule has 0 bridgehead atoms. The fourth-order valence-corrected chi connectivity index (χ4v) is 1.03. The van der Waals surface area contributed by atoms with Crippen molar-refractivity contribution in [3.63, 3.8) is 0 Å². The predicted octanol–water partition coefficient (Wildman–Crippen LogP) is 0.330. The van der Waals surface area contributed by atoms with E-state index in [1.807, 2.05) is 0 Å². The van der Waals surface area contributed by atoms with Crippen LogP contribution in [0.1, 0.15) is 12.5 Å². The Kier molecular flexibility index (Phi) is 3.30. The molecule has 3 heteroatoms. The van der Waals surface area contributed by atoms with E-state index < -0.39 is 0 Å². The third-order valence-corrected chi connectivity index (χ3v) is 1.75. The van der Waals surface area contributed by atoms with E-state index in [9.17, 15) is 4.79 Å². The highest BCUT2D eigenvalue weighted by Gasteiger charge is 1.98. The third-order valence-electron chi connectivity index (χ3n) is 1.75. The van der Waals surface area contributed by atoms with E-state index in [1.165, 1.54) is 0 Å². The van der Waals surface area contributed by atoms with Gasteiger partial charge in [-0.05, 0) is 13.0 Å². The van der Waals surface area contributed by atoms with Gasteiger partial charge < -0.3 is 10.3 Å². The number of hydrogen-bond acceptors (Lipinski definition) is 2. The van der Waals surface area contributed by atoms with Crippen molar-refractivity contribution in [2.24, 2.45) is 5.73 Å².